The van der Waals surface area contributed by atoms with Crippen molar-refractivity contribution in [3.8, 4) is 0 Å². The zero-order valence-corrected chi connectivity index (χ0v) is 14.8. The molecule has 2 heterocycles. The van der Waals surface area contributed by atoms with Gasteiger partial charge < -0.3 is 14.3 Å². The molecule has 0 saturated carbocycles. The lowest BCUT2D eigenvalue weighted by molar-refractivity contribution is -0.140. The van der Waals surface area contributed by atoms with E-state index in [1.165, 1.54) is 7.11 Å². The summed E-state index contributed by atoms with van der Waals surface area (Å²) in [6, 6.07) is 9.02. The second-order valence-corrected chi connectivity index (χ2v) is 6.71. The van der Waals surface area contributed by atoms with Crippen molar-refractivity contribution >= 4 is 23.7 Å². The molecule has 0 unspecified atom stereocenters. The fourth-order valence-corrected chi connectivity index (χ4v) is 3.10. The van der Waals surface area contributed by atoms with Gasteiger partial charge in [0.2, 0.25) is 6.10 Å². The zero-order valence-electron chi connectivity index (χ0n) is 14.8. The number of methoxy groups -OCH3 is 1. The van der Waals surface area contributed by atoms with E-state index in [2.05, 4.69) is 9.89 Å². The highest BCUT2D eigenvalue weighted by molar-refractivity contribution is 6.37. The molecule has 0 radical (unpaired) electrons. The third-order valence-corrected chi connectivity index (χ3v) is 4.54. The minimum atomic E-state index is -1.05. The van der Waals surface area contributed by atoms with Crippen LogP contribution in [0.25, 0.3) is 0 Å². The Morgan fingerprint density at radius 3 is 2.65 bits per heavy atom. The minimum absolute atomic E-state index is 0.0114. The molecule has 0 N–H and O–H groups in total. The Labute approximate surface area is 150 Å². The van der Waals surface area contributed by atoms with Crippen LogP contribution in [-0.2, 0) is 30.3 Å². The highest BCUT2D eigenvalue weighted by Crippen LogP contribution is 2.33. The Hall–Kier alpha value is -2.90. The molecule has 1 fully saturated rings. The lowest BCUT2D eigenvalue weighted by atomic mass is 9.91. The summed E-state index contributed by atoms with van der Waals surface area (Å²) in [4.78, 5) is 42.9. The van der Waals surface area contributed by atoms with Crippen LogP contribution in [0, 0.1) is 0 Å². The average molecular weight is 360 g/mol. The van der Waals surface area contributed by atoms with Gasteiger partial charge in [0.25, 0.3) is 5.91 Å². The maximum Gasteiger partial charge on any atom is 0.417 e. The molecule has 2 aliphatic heterocycles. The Bertz CT molecular complexity index is 758. The molecular formula is C18H20N2O6. The summed E-state index contributed by atoms with van der Waals surface area (Å²) in [7, 11) is 1.22. The molecule has 138 valence electrons. The topological polar surface area (TPSA) is 94.5 Å². The third kappa shape index (κ3) is 3.26. The first-order valence-corrected chi connectivity index (χ1v) is 8.24. The van der Waals surface area contributed by atoms with E-state index < -0.39 is 35.7 Å². The van der Waals surface area contributed by atoms with Gasteiger partial charge in [0.1, 0.15) is 5.60 Å². The second kappa shape index (κ2) is 6.78. The summed E-state index contributed by atoms with van der Waals surface area (Å²) in [5.74, 6) is -1.24. The van der Waals surface area contributed by atoms with E-state index >= 15 is 0 Å². The Morgan fingerprint density at radius 2 is 2.00 bits per heavy atom. The highest BCUT2D eigenvalue weighted by atomic mass is 16.7. The van der Waals surface area contributed by atoms with Crippen molar-refractivity contribution < 1.29 is 28.7 Å². The average Bonchev–Trinajstić information content (AvgIpc) is 3.18. The van der Waals surface area contributed by atoms with Gasteiger partial charge in [0, 0.05) is 6.42 Å². The lowest BCUT2D eigenvalue weighted by Crippen LogP contribution is -2.49. The number of imide groups is 1. The van der Waals surface area contributed by atoms with Crippen molar-refractivity contribution in [3.63, 3.8) is 0 Å². The SMILES string of the molecule is COC(=O)C1=NO[C@H](C(=O)N2C(=O)OC(C)(C)[C@@H]2Cc2ccccc2)C1. The number of rotatable bonds is 4. The van der Waals surface area contributed by atoms with E-state index in [0.29, 0.717) is 6.42 Å². The summed E-state index contributed by atoms with van der Waals surface area (Å²) in [5, 5.41) is 3.59. The van der Waals surface area contributed by atoms with Crippen molar-refractivity contribution in [1.29, 1.82) is 0 Å². The maximum atomic E-state index is 12.9. The molecule has 2 aliphatic rings. The van der Waals surface area contributed by atoms with Crippen molar-refractivity contribution in [1.82, 2.24) is 4.90 Å². The van der Waals surface area contributed by atoms with Crippen LogP contribution >= 0.6 is 0 Å². The Kier molecular flexibility index (Phi) is 4.67. The number of nitrogens with zero attached hydrogens (tertiary/aromatic N) is 2. The maximum absolute atomic E-state index is 12.9. The predicted octanol–water partition coefficient (Wildman–Crippen LogP) is 1.67. The number of carbonyl (C=O) groups excluding carboxylic acids is 3. The fourth-order valence-electron chi connectivity index (χ4n) is 3.10. The third-order valence-electron chi connectivity index (χ3n) is 4.54. The summed E-state index contributed by atoms with van der Waals surface area (Å²) in [6.07, 6.45) is -1.38. The number of oxime groups is 1. The van der Waals surface area contributed by atoms with Gasteiger partial charge in [-0.2, -0.15) is 0 Å². The smallest absolute Gasteiger partial charge is 0.417 e. The number of esters is 1. The van der Waals surface area contributed by atoms with Crippen LogP contribution in [-0.4, -0.2) is 53.4 Å². The fraction of sp³-hybridized carbons (Fsp3) is 0.444. The minimum Gasteiger partial charge on any atom is -0.464 e. The first-order valence-electron chi connectivity index (χ1n) is 8.24. The molecule has 8 nitrogen and oxygen atoms in total. The van der Waals surface area contributed by atoms with E-state index in [1.54, 1.807) is 13.8 Å². The van der Waals surface area contributed by atoms with Gasteiger partial charge >= 0.3 is 12.1 Å². The molecule has 1 aromatic carbocycles. The van der Waals surface area contributed by atoms with Gasteiger partial charge in [-0.15, -0.1) is 0 Å². The molecule has 0 aromatic heterocycles. The predicted molar refractivity (Wildman–Crippen MR) is 90.3 cm³/mol. The first kappa shape index (κ1) is 17.9. The zero-order chi connectivity index (χ0) is 18.9. The largest absolute Gasteiger partial charge is 0.464 e. The second-order valence-electron chi connectivity index (χ2n) is 6.71. The summed E-state index contributed by atoms with van der Waals surface area (Å²) in [5.41, 5.74) is 0.130. The van der Waals surface area contributed by atoms with E-state index in [1.807, 2.05) is 30.3 Å². The van der Waals surface area contributed by atoms with Crippen LogP contribution in [0.3, 0.4) is 0 Å². The van der Waals surface area contributed by atoms with Crippen molar-refractivity contribution in [2.75, 3.05) is 7.11 Å². The molecule has 2 atom stereocenters. The van der Waals surface area contributed by atoms with Crippen LogP contribution < -0.4 is 0 Å². The Balaban J connectivity index is 1.79. The van der Waals surface area contributed by atoms with Crippen LogP contribution in [0.5, 0.6) is 0 Å². The molecule has 0 aliphatic carbocycles. The molecule has 26 heavy (non-hydrogen) atoms. The highest BCUT2D eigenvalue weighted by Gasteiger charge is 2.53. The quantitative estimate of drug-likeness (QED) is 0.758. The first-order chi connectivity index (χ1) is 12.3. The standard InChI is InChI=1S/C18H20N2O6/c1-18(2)14(9-11-7-5-4-6-8-11)20(17(23)25-18)15(21)13-10-12(19-26-13)16(22)24-3/h4-8,13-14H,9-10H2,1-3H3/t13-,14-/m0/s1. The molecular weight excluding hydrogens is 340 g/mol. The van der Waals surface area contributed by atoms with E-state index in [-0.39, 0.29) is 12.1 Å². The van der Waals surface area contributed by atoms with Crippen molar-refractivity contribution in [2.45, 2.75) is 44.4 Å². The van der Waals surface area contributed by atoms with Gasteiger partial charge in [-0.1, -0.05) is 35.5 Å². The molecule has 1 saturated heterocycles. The van der Waals surface area contributed by atoms with Gasteiger partial charge in [0.05, 0.1) is 13.2 Å². The van der Waals surface area contributed by atoms with Gasteiger partial charge in [-0.3, -0.25) is 4.79 Å². The molecule has 3 rings (SSSR count). The van der Waals surface area contributed by atoms with Crippen molar-refractivity contribution in [3.05, 3.63) is 35.9 Å². The number of benzene rings is 1. The van der Waals surface area contributed by atoms with Crippen molar-refractivity contribution in [2.24, 2.45) is 5.16 Å². The number of amides is 2. The summed E-state index contributed by atoms with van der Waals surface area (Å²) >= 11 is 0. The van der Waals surface area contributed by atoms with Crippen LogP contribution in [0.15, 0.2) is 35.5 Å². The van der Waals surface area contributed by atoms with Gasteiger partial charge in [-0.05, 0) is 25.8 Å². The van der Waals surface area contributed by atoms with E-state index in [0.717, 1.165) is 10.5 Å². The van der Waals surface area contributed by atoms with Gasteiger partial charge in [-0.25, -0.2) is 14.5 Å². The lowest BCUT2D eigenvalue weighted by Gasteiger charge is -2.28. The molecule has 0 bridgehead atoms. The van der Waals surface area contributed by atoms with Crippen LogP contribution in [0.4, 0.5) is 4.79 Å². The van der Waals surface area contributed by atoms with E-state index in [4.69, 9.17) is 9.57 Å². The van der Waals surface area contributed by atoms with E-state index in [9.17, 15) is 14.4 Å². The normalized spacial score (nSPS) is 23.9. The number of carbonyl (C=O) groups is 3. The number of ether oxygens (including phenoxy) is 2. The summed E-state index contributed by atoms with van der Waals surface area (Å²) < 4.78 is 9.98. The molecule has 1 aromatic rings. The number of cyclic esters (lactones) is 1. The molecule has 8 heteroatoms. The monoisotopic (exact) mass is 360 g/mol. The van der Waals surface area contributed by atoms with Crippen LogP contribution in [0.2, 0.25) is 0 Å². The summed E-state index contributed by atoms with van der Waals surface area (Å²) in [6.45, 7) is 3.52. The molecule has 2 amide bonds. The van der Waals surface area contributed by atoms with Gasteiger partial charge in [0.15, 0.2) is 5.71 Å². The number of hydrogen-bond donors (Lipinski definition) is 0. The Morgan fingerprint density at radius 1 is 1.31 bits per heavy atom. The molecule has 0 spiro atoms. The van der Waals surface area contributed by atoms with Crippen LogP contribution in [0.1, 0.15) is 25.8 Å². The number of hydrogen-bond acceptors (Lipinski definition) is 7.